The first kappa shape index (κ1) is 11.9. The number of nitrogens with zero attached hydrogens (tertiary/aromatic N) is 1. The van der Waals surface area contributed by atoms with Gasteiger partial charge in [0.2, 0.25) is 0 Å². The van der Waals surface area contributed by atoms with Gasteiger partial charge >= 0.3 is 0 Å². The first-order valence-corrected chi connectivity index (χ1v) is 6.56. The van der Waals surface area contributed by atoms with Crippen LogP contribution in [-0.2, 0) is 5.88 Å². The molecule has 0 N–H and O–H groups in total. The highest BCUT2D eigenvalue weighted by Crippen LogP contribution is 2.29. The Balaban J connectivity index is 2.10. The van der Waals surface area contributed by atoms with Gasteiger partial charge in [0.05, 0.1) is 0 Å². The number of alkyl halides is 1. The predicted octanol–water partition coefficient (Wildman–Crippen LogP) is 3.48. The standard InChI is InChI=1S/C14H20ClN/c1-11-7-14(10-16(2)9-11)13-5-3-12(8-15)4-6-13/h3-6,11,14H,7-10H2,1-2H3/t11-,14+/m1/s1. The lowest BCUT2D eigenvalue weighted by atomic mass is 9.85. The molecule has 1 aliphatic rings. The Morgan fingerprint density at radius 2 is 1.94 bits per heavy atom. The van der Waals surface area contributed by atoms with E-state index in [2.05, 4.69) is 43.1 Å². The van der Waals surface area contributed by atoms with Crippen LogP contribution < -0.4 is 0 Å². The fourth-order valence-electron chi connectivity index (χ4n) is 2.74. The van der Waals surface area contributed by atoms with E-state index in [1.54, 1.807) is 0 Å². The number of piperidine rings is 1. The molecule has 1 aromatic rings. The summed E-state index contributed by atoms with van der Waals surface area (Å²) in [5.41, 5.74) is 2.68. The van der Waals surface area contributed by atoms with Crippen molar-refractivity contribution in [2.75, 3.05) is 20.1 Å². The zero-order valence-electron chi connectivity index (χ0n) is 10.1. The summed E-state index contributed by atoms with van der Waals surface area (Å²) in [4.78, 5) is 2.44. The first-order chi connectivity index (χ1) is 7.69. The molecule has 0 aliphatic carbocycles. The van der Waals surface area contributed by atoms with Gasteiger partial charge in [-0.2, -0.15) is 0 Å². The van der Waals surface area contributed by atoms with E-state index in [-0.39, 0.29) is 0 Å². The number of hydrogen-bond acceptors (Lipinski definition) is 1. The topological polar surface area (TPSA) is 3.24 Å². The van der Waals surface area contributed by atoms with Gasteiger partial charge in [-0.25, -0.2) is 0 Å². The molecule has 2 atom stereocenters. The van der Waals surface area contributed by atoms with E-state index >= 15 is 0 Å². The van der Waals surface area contributed by atoms with Crippen molar-refractivity contribution in [3.8, 4) is 0 Å². The van der Waals surface area contributed by atoms with Crippen molar-refractivity contribution in [3.05, 3.63) is 35.4 Å². The molecule has 16 heavy (non-hydrogen) atoms. The molecule has 1 aliphatic heterocycles. The quantitative estimate of drug-likeness (QED) is 0.712. The van der Waals surface area contributed by atoms with Gasteiger partial charge in [-0.3, -0.25) is 0 Å². The van der Waals surface area contributed by atoms with E-state index in [9.17, 15) is 0 Å². The van der Waals surface area contributed by atoms with Gasteiger partial charge in [0, 0.05) is 19.0 Å². The maximum absolute atomic E-state index is 5.80. The molecule has 0 saturated carbocycles. The van der Waals surface area contributed by atoms with Crippen LogP contribution in [0.4, 0.5) is 0 Å². The molecule has 0 amide bonds. The highest BCUT2D eigenvalue weighted by atomic mass is 35.5. The molecule has 0 unspecified atom stereocenters. The van der Waals surface area contributed by atoms with Gasteiger partial charge in [0.25, 0.3) is 0 Å². The van der Waals surface area contributed by atoms with Crippen LogP contribution in [-0.4, -0.2) is 25.0 Å². The highest BCUT2D eigenvalue weighted by molar-refractivity contribution is 6.17. The van der Waals surface area contributed by atoms with Gasteiger partial charge in [-0.1, -0.05) is 31.2 Å². The minimum Gasteiger partial charge on any atom is -0.305 e. The van der Waals surface area contributed by atoms with Gasteiger partial charge in [-0.15, -0.1) is 11.6 Å². The number of likely N-dealkylation sites (N-methyl/N-ethyl adjacent to an activating group) is 1. The molecular formula is C14H20ClN. The number of halogens is 1. The van der Waals surface area contributed by atoms with Gasteiger partial charge in [-0.05, 0) is 36.4 Å². The third-order valence-electron chi connectivity index (χ3n) is 3.45. The molecule has 88 valence electrons. The monoisotopic (exact) mass is 237 g/mol. The van der Waals surface area contributed by atoms with Crippen molar-refractivity contribution in [1.82, 2.24) is 4.90 Å². The number of likely N-dealkylation sites (tertiary alicyclic amines) is 1. The summed E-state index contributed by atoms with van der Waals surface area (Å²) in [6, 6.07) is 8.80. The number of benzene rings is 1. The maximum Gasteiger partial charge on any atom is 0.0474 e. The zero-order chi connectivity index (χ0) is 11.5. The van der Waals surface area contributed by atoms with E-state index in [1.807, 2.05) is 0 Å². The Kier molecular flexibility index (Phi) is 3.88. The zero-order valence-corrected chi connectivity index (χ0v) is 10.9. The van der Waals surface area contributed by atoms with Gasteiger partial charge in [0.1, 0.15) is 0 Å². The lowest BCUT2D eigenvalue weighted by Gasteiger charge is -2.34. The van der Waals surface area contributed by atoms with E-state index in [4.69, 9.17) is 11.6 Å². The molecular weight excluding hydrogens is 218 g/mol. The molecule has 1 fully saturated rings. The van der Waals surface area contributed by atoms with E-state index in [0.29, 0.717) is 11.8 Å². The Hall–Kier alpha value is -0.530. The van der Waals surface area contributed by atoms with Crippen molar-refractivity contribution in [2.24, 2.45) is 5.92 Å². The summed E-state index contributed by atoms with van der Waals surface area (Å²) in [6.07, 6.45) is 1.31. The molecule has 1 heterocycles. The average molecular weight is 238 g/mol. The second kappa shape index (κ2) is 5.20. The third-order valence-corrected chi connectivity index (χ3v) is 3.76. The molecule has 2 rings (SSSR count). The molecule has 0 aromatic heterocycles. The second-order valence-corrected chi connectivity index (χ2v) is 5.40. The Morgan fingerprint density at radius 3 is 2.50 bits per heavy atom. The van der Waals surface area contributed by atoms with Crippen molar-refractivity contribution in [1.29, 1.82) is 0 Å². The molecule has 1 saturated heterocycles. The summed E-state index contributed by atoms with van der Waals surface area (Å²) in [7, 11) is 2.22. The Bertz CT molecular complexity index is 323. The minimum atomic E-state index is 0.612. The van der Waals surface area contributed by atoms with Crippen molar-refractivity contribution < 1.29 is 0 Å². The van der Waals surface area contributed by atoms with Crippen molar-refractivity contribution in [3.63, 3.8) is 0 Å². The maximum atomic E-state index is 5.80. The summed E-state index contributed by atoms with van der Waals surface area (Å²) in [5.74, 6) is 2.11. The minimum absolute atomic E-state index is 0.612. The fraction of sp³-hybridized carbons (Fsp3) is 0.571. The normalized spacial score (nSPS) is 26.9. The first-order valence-electron chi connectivity index (χ1n) is 6.02. The number of rotatable bonds is 2. The van der Waals surface area contributed by atoms with Gasteiger partial charge in [0.15, 0.2) is 0 Å². The lowest BCUT2D eigenvalue weighted by molar-refractivity contribution is 0.198. The van der Waals surface area contributed by atoms with Crippen LogP contribution in [0.2, 0.25) is 0 Å². The van der Waals surface area contributed by atoms with Crippen LogP contribution in [0.25, 0.3) is 0 Å². The van der Waals surface area contributed by atoms with Crippen LogP contribution in [0.15, 0.2) is 24.3 Å². The fourth-order valence-corrected chi connectivity index (χ4v) is 2.92. The lowest BCUT2D eigenvalue weighted by Crippen LogP contribution is -2.35. The van der Waals surface area contributed by atoms with Gasteiger partial charge < -0.3 is 4.90 Å². The molecule has 2 heteroatoms. The second-order valence-electron chi connectivity index (χ2n) is 5.13. The van der Waals surface area contributed by atoms with Crippen molar-refractivity contribution in [2.45, 2.75) is 25.1 Å². The van der Waals surface area contributed by atoms with Crippen LogP contribution in [0, 0.1) is 5.92 Å². The van der Waals surface area contributed by atoms with Crippen LogP contribution >= 0.6 is 11.6 Å². The van der Waals surface area contributed by atoms with E-state index < -0.39 is 0 Å². The predicted molar refractivity (Wildman–Crippen MR) is 70.0 cm³/mol. The average Bonchev–Trinajstić information content (AvgIpc) is 2.28. The van der Waals surface area contributed by atoms with Crippen LogP contribution in [0.5, 0.6) is 0 Å². The third kappa shape index (κ3) is 2.78. The van der Waals surface area contributed by atoms with Crippen LogP contribution in [0.3, 0.4) is 0 Å². The molecule has 1 aromatic carbocycles. The Labute approximate surface area is 103 Å². The SMILES string of the molecule is C[C@@H]1C[C@H](c2ccc(CCl)cc2)CN(C)C1. The van der Waals surface area contributed by atoms with E-state index in [0.717, 1.165) is 5.92 Å². The largest absolute Gasteiger partial charge is 0.305 e. The van der Waals surface area contributed by atoms with E-state index in [1.165, 1.54) is 30.6 Å². The summed E-state index contributed by atoms with van der Waals surface area (Å²) >= 11 is 5.80. The summed E-state index contributed by atoms with van der Waals surface area (Å²) in [6.45, 7) is 4.76. The van der Waals surface area contributed by atoms with Crippen LogP contribution in [0.1, 0.15) is 30.4 Å². The number of hydrogen-bond donors (Lipinski definition) is 0. The molecule has 0 spiro atoms. The molecule has 0 bridgehead atoms. The summed E-state index contributed by atoms with van der Waals surface area (Å²) in [5, 5.41) is 0. The molecule has 1 nitrogen and oxygen atoms in total. The highest BCUT2D eigenvalue weighted by Gasteiger charge is 2.23. The van der Waals surface area contributed by atoms with Crippen molar-refractivity contribution >= 4 is 11.6 Å². The smallest absolute Gasteiger partial charge is 0.0474 e. The summed E-state index contributed by atoms with van der Waals surface area (Å²) < 4.78 is 0. The molecule has 0 radical (unpaired) electrons. The Morgan fingerprint density at radius 1 is 1.25 bits per heavy atom.